The molecule has 0 amide bonds. The van der Waals surface area contributed by atoms with E-state index in [-0.39, 0.29) is 5.97 Å². The van der Waals surface area contributed by atoms with E-state index in [1.165, 1.54) is 18.9 Å². The van der Waals surface area contributed by atoms with Gasteiger partial charge in [0.2, 0.25) is 0 Å². The minimum absolute atomic E-state index is 0.298. The smallest absolute Gasteiger partial charge is 0.323 e. The molecule has 2 aromatic heterocycles. The Labute approximate surface area is 142 Å². The van der Waals surface area contributed by atoms with Crippen LogP contribution in [0.1, 0.15) is 16.4 Å². The van der Waals surface area contributed by atoms with Gasteiger partial charge in [-0.2, -0.15) is 11.3 Å². The maximum atomic E-state index is 12.2. The van der Waals surface area contributed by atoms with Crippen molar-refractivity contribution in [3.8, 4) is 5.69 Å². The summed E-state index contributed by atoms with van der Waals surface area (Å²) in [5.74, 6) is -0.298. The molecule has 1 atom stereocenters. The number of rotatable bonds is 5. The molecule has 0 radical (unpaired) electrons. The van der Waals surface area contributed by atoms with E-state index in [0.29, 0.717) is 5.16 Å². The molecule has 0 saturated heterocycles. The molecule has 0 bridgehead atoms. The molecule has 1 unspecified atom stereocenters. The minimum atomic E-state index is -0.460. The second kappa shape index (κ2) is 6.97. The average Bonchev–Trinajstić information content (AvgIpc) is 3.24. The van der Waals surface area contributed by atoms with Crippen molar-refractivity contribution >= 4 is 29.1 Å². The summed E-state index contributed by atoms with van der Waals surface area (Å²) < 4.78 is 6.83. The molecular formula is C16H15N3O2S2. The van der Waals surface area contributed by atoms with Crippen LogP contribution >= 0.6 is 23.1 Å². The van der Waals surface area contributed by atoms with E-state index < -0.39 is 5.25 Å². The van der Waals surface area contributed by atoms with Crippen LogP contribution in [0.15, 0.2) is 52.6 Å². The van der Waals surface area contributed by atoms with Crippen LogP contribution in [0.3, 0.4) is 0 Å². The van der Waals surface area contributed by atoms with Crippen LogP contribution < -0.4 is 0 Å². The van der Waals surface area contributed by atoms with Gasteiger partial charge in [0.05, 0.1) is 12.8 Å². The number of aryl methyl sites for hydroxylation is 1. The van der Waals surface area contributed by atoms with Crippen molar-refractivity contribution in [3.05, 3.63) is 58.5 Å². The summed E-state index contributed by atoms with van der Waals surface area (Å²) >= 11 is 2.88. The fourth-order valence-electron chi connectivity index (χ4n) is 2.19. The highest BCUT2D eigenvalue weighted by atomic mass is 32.2. The van der Waals surface area contributed by atoms with Gasteiger partial charge >= 0.3 is 5.97 Å². The number of carbonyl (C=O) groups excluding carboxylic acids is 1. The van der Waals surface area contributed by atoms with Crippen molar-refractivity contribution in [1.29, 1.82) is 0 Å². The summed E-state index contributed by atoms with van der Waals surface area (Å²) in [5, 5.41) is 12.3. The number of esters is 1. The van der Waals surface area contributed by atoms with Gasteiger partial charge in [0.15, 0.2) is 5.16 Å². The van der Waals surface area contributed by atoms with Crippen molar-refractivity contribution in [2.75, 3.05) is 7.11 Å². The SMILES string of the molecule is COC(=O)C(Sc1nncn1-c1ccccc1C)c1ccsc1. The number of ether oxygens (including phenoxy) is 1. The molecule has 0 aliphatic rings. The highest BCUT2D eigenvalue weighted by Gasteiger charge is 2.26. The number of nitrogens with zero attached hydrogens (tertiary/aromatic N) is 3. The molecule has 2 heterocycles. The Kier molecular flexibility index (Phi) is 4.78. The Morgan fingerprint density at radius 1 is 1.35 bits per heavy atom. The number of thiophene rings is 1. The van der Waals surface area contributed by atoms with Crippen LogP contribution in [0, 0.1) is 6.92 Å². The number of aromatic nitrogens is 3. The zero-order chi connectivity index (χ0) is 16.2. The monoisotopic (exact) mass is 345 g/mol. The highest BCUT2D eigenvalue weighted by molar-refractivity contribution is 8.00. The van der Waals surface area contributed by atoms with Crippen LogP contribution in [-0.4, -0.2) is 27.8 Å². The summed E-state index contributed by atoms with van der Waals surface area (Å²) in [6.45, 7) is 2.03. The second-order valence-corrected chi connectivity index (χ2v) is 6.70. The lowest BCUT2D eigenvalue weighted by atomic mass is 10.2. The Hall–Kier alpha value is -2.12. The van der Waals surface area contributed by atoms with Gasteiger partial charge in [-0.1, -0.05) is 30.0 Å². The molecular weight excluding hydrogens is 330 g/mol. The molecule has 3 rings (SSSR count). The molecule has 3 aromatic rings. The maximum Gasteiger partial charge on any atom is 0.323 e. The van der Waals surface area contributed by atoms with Gasteiger partial charge in [-0.15, -0.1) is 10.2 Å². The number of para-hydroxylation sites is 1. The normalized spacial score (nSPS) is 12.1. The fourth-order valence-corrected chi connectivity index (χ4v) is 4.00. The lowest BCUT2D eigenvalue weighted by Crippen LogP contribution is -2.11. The van der Waals surface area contributed by atoms with Gasteiger partial charge in [0.1, 0.15) is 11.6 Å². The van der Waals surface area contributed by atoms with Crippen LogP contribution in [0.4, 0.5) is 0 Å². The quantitative estimate of drug-likeness (QED) is 0.522. The van der Waals surface area contributed by atoms with Crippen molar-refractivity contribution in [2.45, 2.75) is 17.3 Å². The predicted molar refractivity (Wildman–Crippen MR) is 91.0 cm³/mol. The van der Waals surface area contributed by atoms with Crippen LogP contribution in [0.5, 0.6) is 0 Å². The highest BCUT2D eigenvalue weighted by Crippen LogP contribution is 2.37. The molecule has 0 saturated carbocycles. The first-order valence-corrected chi connectivity index (χ1v) is 8.75. The third kappa shape index (κ3) is 3.30. The van der Waals surface area contributed by atoms with Crippen LogP contribution in [0.25, 0.3) is 5.69 Å². The van der Waals surface area contributed by atoms with E-state index in [1.54, 1.807) is 17.7 Å². The molecule has 0 aliphatic carbocycles. The van der Waals surface area contributed by atoms with Crippen molar-refractivity contribution in [3.63, 3.8) is 0 Å². The van der Waals surface area contributed by atoms with Gasteiger partial charge in [-0.3, -0.25) is 9.36 Å². The third-order valence-electron chi connectivity index (χ3n) is 3.38. The molecule has 118 valence electrons. The van der Waals surface area contributed by atoms with Gasteiger partial charge in [-0.05, 0) is 40.9 Å². The number of benzene rings is 1. The molecule has 0 aliphatic heterocycles. The van der Waals surface area contributed by atoms with Crippen molar-refractivity contribution < 1.29 is 9.53 Å². The molecule has 0 N–H and O–H groups in total. The first kappa shape index (κ1) is 15.8. The molecule has 1 aromatic carbocycles. The zero-order valence-electron chi connectivity index (χ0n) is 12.7. The van der Waals surface area contributed by atoms with E-state index in [9.17, 15) is 4.79 Å². The van der Waals surface area contributed by atoms with Crippen LogP contribution in [-0.2, 0) is 9.53 Å². The van der Waals surface area contributed by atoms with E-state index >= 15 is 0 Å². The Morgan fingerprint density at radius 2 is 2.17 bits per heavy atom. The predicted octanol–water partition coefficient (Wildman–Crippen LogP) is 3.64. The molecule has 0 fully saturated rings. The summed E-state index contributed by atoms with van der Waals surface area (Å²) in [4.78, 5) is 12.2. The maximum absolute atomic E-state index is 12.2. The number of carbonyl (C=O) groups is 1. The Morgan fingerprint density at radius 3 is 2.87 bits per heavy atom. The lowest BCUT2D eigenvalue weighted by Gasteiger charge is -2.14. The van der Waals surface area contributed by atoms with Gasteiger partial charge in [0, 0.05) is 0 Å². The van der Waals surface area contributed by atoms with Gasteiger partial charge in [-0.25, -0.2) is 0 Å². The topological polar surface area (TPSA) is 57.0 Å². The molecule has 0 spiro atoms. The summed E-state index contributed by atoms with van der Waals surface area (Å²) in [6.07, 6.45) is 1.66. The van der Waals surface area contributed by atoms with E-state index in [0.717, 1.165) is 16.8 Å². The van der Waals surface area contributed by atoms with Gasteiger partial charge < -0.3 is 4.74 Å². The lowest BCUT2D eigenvalue weighted by molar-refractivity contribution is -0.140. The Bertz CT molecular complexity index is 799. The third-order valence-corrected chi connectivity index (χ3v) is 5.27. The number of methoxy groups -OCH3 is 1. The number of hydrogen-bond acceptors (Lipinski definition) is 6. The average molecular weight is 345 g/mol. The first-order valence-electron chi connectivity index (χ1n) is 6.93. The summed E-state index contributed by atoms with van der Waals surface area (Å²) in [7, 11) is 1.40. The zero-order valence-corrected chi connectivity index (χ0v) is 14.3. The second-order valence-electron chi connectivity index (χ2n) is 4.85. The van der Waals surface area contributed by atoms with Crippen LogP contribution in [0.2, 0.25) is 0 Å². The van der Waals surface area contributed by atoms with Crippen molar-refractivity contribution in [2.24, 2.45) is 0 Å². The fraction of sp³-hybridized carbons (Fsp3) is 0.188. The van der Waals surface area contributed by atoms with Gasteiger partial charge in [0.25, 0.3) is 0 Å². The number of hydrogen-bond donors (Lipinski definition) is 0. The Balaban J connectivity index is 1.95. The first-order chi connectivity index (χ1) is 11.2. The van der Waals surface area contributed by atoms with E-state index in [1.807, 2.05) is 52.6 Å². The molecule has 23 heavy (non-hydrogen) atoms. The summed E-state index contributed by atoms with van der Waals surface area (Å²) in [6, 6.07) is 9.90. The van der Waals surface area contributed by atoms with E-state index in [4.69, 9.17) is 4.74 Å². The minimum Gasteiger partial charge on any atom is -0.468 e. The van der Waals surface area contributed by atoms with E-state index in [2.05, 4.69) is 10.2 Å². The molecule has 7 heteroatoms. The summed E-state index contributed by atoms with van der Waals surface area (Å²) in [5.41, 5.74) is 3.01. The number of thioether (sulfide) groups is 1. The van der Waals surface area contributed by atoms with Crippen molar-refractivity contribution in [1.82, 2.24) is 14.8 Å². The largest absolute Gasteiger partial charge is 0.468 e. The standard InChI is InChI=1S/C16H15N3O2S2/c1-11-5-3-4-6-13(11)19-10-17-18-16(19)23-14(15(20)21-2)12-7-8-22-9-12/h3-10,14H,1-2H3. The molecule has 5 nitrogen and oxygen atoms in total.